The third kappa shape index (κ3) is 4.58. The van der Waals surface area contributed by atoms with Gasteiger partial charge in [-0.25, -0.2) is 0 Å². The summed E-state index contributed by atoms with van der Waals surface area (Å²) in [6.07, 6.45) is 6.98. The fourth-order valence-electron chi connectivity index (χ4n) is 2.71. The average molecular weight is 277 g/mol. The van der Waals surface area contributed by atoms with Crippen LogP contribution in [0.15, 0.2) is 27.8 Å². The third-order valence-electron chi connectivity index (χ3n) is 4.25. The Hall–Kier alpha value is -1.45. The summed E-state index contributed by atoms with van der Waals surface area (Å²) in [7, 11) is 1.81. The smallest absolute Gasteiger partial charge is 0.191 e. The van der Waals surface area contributed by atoms with Gasteiger partial charge in [-0.1, -0.05) is 13.8 Å². The third-order valence-corrected chi connectivity index (χ3v) is 4.25. The van der Waals surface area contributed by atoms with Crippen molar-refractivity contribution in [3.05, 3.63) is 24.2 Å². The van der Waals surface area contributed by atoms with Crippen molar-refractivity contribution in [1.82, 2.24) is 10.6 Å². The second-order valence-corrected chi connectivity index (χ2v) is 6.49. The number of hydrogen-bond donors (Lipinski definition) is 2. The zero-order valence-electron chi connectivity index (χ0n) is 12.9. The molecule has 0 bridgehead atoms. The number of furan rings is 1. The Kier molecular flexibility index (Phi) is 5.10. The number of nitrogens with one attached hydrogen (secondary N) is 2. The van der Waals surface area contributed by atoms with Crippen LogP contribution in [0, 0.1) is 11.3 Å². The Morgan fingerprint density at radius 2 is 2.10 bits per heavy atom. The van der Waals surface area contributed by atoms with Gasteiger partial charge in [-0.15, -0.1) is 0 Å². The number of aliphatic imine (C=N–C) groups is 1. The first-order valence-corrected chi connectivity index (χ1v) is 7.56. The molecule has 1 aliphatic rings. The average Bonchev–Trinajstić information content (AvgIpc) is 2.93. The normalized spacial score (nSPS) is 19.9. The van der Waals surface area contributed by atoms with E-state index in [1.165, 1.54) is 25.7 Å². The first-order chi connectivity index (χ1) is 9.59. The highest BCUT2D eigenvalue weighted by Gasteiger charge is 2.26. The van der Waals surface area contributed by atoms with Crippen molar-refractivity contribution >= 4 is 5.96 Å². The molecule has 20 heavy (non-hydrogen) atoms. The van der Waals surface area contributed by atoms with E-state index in [4.69, 9.17) is 4.42 Å². The highest BCUT2D eigenvalue weighted by atomic mass is 16.3. The van der Waals surface area contributed by atoms with Crippen molar-refractivity contribution in [3.63, 3.8) is 0 Å². The summed E-state index contributed by atoms with van der Waals surface area (Å²) in [5.41, 5.74) is 0.537. The molecule has 1 aromatic heterocycles. The van der Waals surface area contributed by atoms with Gasteiger partial charge >= 0.3 is 0 Å². The topological polar surface area (TPSA) is 49.6 Å². The number of rotatable bonds is 4. The summed E-state index contributed by atoms with van der Waals surface area (Å²) >= 11 is 0. The quantitative estimate of drug-likeness (QED) is 0.656. The van der Waals surface area contributed by atoms with E-state index in [0.717, 1.165) is 24.2 Å². The molecule has 4 nitrogen and oxygen atoms in total. The van der Waals surface area contributed by atoms with Crippen molar-refractivity contribution in [2.24, 2.45) is 16.3 Å². The van der Waals surface area contributed by atoms with Crippen molar-refractivity contribution < 1.29 is 4.42 Å². The van der Waals surface area contributed by atoms with Crippen molar-refractivity contribution in [3.8, 4) is 0 Å². The Balaban J connectivity index is 1.69. The number of nitrogens with zero attached hydrogens (tertiary/aromatic N) is 1. The molecule has 1 saturated carbocycles. The van der Waals surface area contributed by atoms with Crippen LogP contribution in [0.4, 0.5) is 0 Å². The van der Waals surface area contributed by atoms with E-state index < -0.39 is 0 Å². The lowest BCUT2D eigenvalue weighted by Gasteiger charge is -2.34. The second kappa shape index (κ2) is 6.82. The molecule has 2 rings (SSSR count). The van der Waals surface area contributed by atoms with E-state index in [1.54, 1.807) is 13.3 Å². The van der Waals surface area contributed by atoms with Crippen molar-refractivity contribution in [2.45, 2.75) is 46.1 Å². The fraction of sp³-hybridized carbons (Fsp3) is 0.688. The molecule has 1 heterocycles. The monoisotopic (exact) mass is 277 g/mol. The van der Waals surface area contributed by atoms with Crippen LogP contribution in [0.3, 0.4) is 0 Å². The number of hydrogen-bond acceptors (Lipinski definition) is 2. The lowest BCUT2D eigenvalue weighted by molar-refractivity contribution is 0.192. The van der Waals surface area contributed by atoms with Crippen LogP contribution >= 0.6 is 0 Å². The zero-order valence-corrected chi connectivity index (χ0v) is 12.9. The molecule has 0 aliphatic heterocycles. The molecule has 0 aromatic carbocycles. The van der Waals surface area contributed by atoms with Crippen LogP contribution in [0.2, 0.25) is 0 Å². The molecule has 0 saturated heterocycles. The maximum absolute atomic E-state index is 5.30. The minimum absolute atomic E-state index is 0.537. The van der Waals surface area contributed by atoms with Gasteiger partial charge in [-0.2, -0.15) is 0 Å². The van der Waals surface area contributed by atoms with E-state index >= 15 is 0 Å². The maximum atomic E-state index is 5.30. The second-order valence-electron chi connectivity index (χ2n) is 6.49. The first kappa shape index (κ1) is 14.9. The van der Waals surface area contributed by atoms with Crippen LogP contribution in [0.1, 0.15) is 45.3 Å². The van der Waals surface area contributed by atoms with Gasteiger partial charge in [0.2, 0.25) is 0 Å². The minimum atomic E-state index is 0.537. The van der Waals surface area contributed by atoms with E-state index in [0.29, 0.717) is 12.0 Å². The van der Waals surface area contributed by atoms with Gasteiger partial charge in [0, 0.05) is 13.6 Å². The fourth-order valence-corrected chi connectivity index (χ4v) is 2.71. The molecular formula is C16H27N3O. The van der Waals surface area contributed by atoms with Crippen LogP contribution in [-0.2, 0) is 6.54 Å². The summed E-state index contributed by atoms with van der Waals surface area (Å²) < 4.78 is 5.30. The predicted molar refractivity (Wildman–Crippen MR) is 82.6 cm³/mol. The van der Waals surface area contributed by atoms with Crippen LogP contribution in [0.25, 0.3) is 0 Å². The van der Waals surface area contributed by atoms with E-state index in [1.807, 2.05) is 12.1 Å². The molecule has 4 heteroatoms. The Bertz CT molecular complexity index is 413. The van der Waals surface area contributed by atoms with Crippen LogP contribution in [-0.4, -0.2) is 19.6 Å². The molecular weight excluding hydrogens is 250 g/mol. The van der Waals surface area contributed by atoms with E-state index in [2.05, 4.69) is 29.5 Å². The largest absolute Gasteiger partial charge is 0.467 e. The molecule has 0 atom stereocenters. The zero-order chi connectivity index (χ0) is 14.4. The SMILES string of the molecule is CN=C(NCc1ccco1)NCC1CCC(C)(C)CC1. The van der Waals surface area contributed by atoms with Gasteiger partial charge in [-0.3, -0.25) is 4.99 Å². The standard InChI is InChI=1S/C16H27N3O/c1-16(2)8-6-13(7-9-16)11-18-15(17-3)19-12-14-5-4-10-20-14/h4-5,10,13H,6-9,11-12H2,1-3H3,(H2,17,18,19). The molecule has 1 aliphatic carbocycles. The Morgan fingerprint density at radius 1 is 1.35 bits per heavy atom. The van der Waals surface area contributed by atoms with Gasteiger partial charge in [0.25, 0.3) is 0 Å². The molecule has 1 aromatic rings. The summed E-state index contributed by atoms with van der Waals surface area (Å²) in [6.45, 7) is 6.43. The van der Waals surface area contributed by atoms with Crippen LogP contribution in [0.5, 0.6) is 0 Å². The predicted octanol–water partition coefficient (Wildman–Crippen LogP) is 3.16. The van der Waals surface area contributed by atoms with Crippen LogP contribution < -0.4 is 10.6 Å². The summed E-state index contributed by atoms with van der Waals surface area (Å²) in [4.78, 5) is 4.25. The lowest BCUT2D eigenvalue weighted by Crippen LogP contribution is -2.40. The lowest BCUT2D eigenvalue weighted by atomic mass is 9.73. The summed E-state index contributed by atoms with van der Waals surface area (Å²) in [6, 6.07) is 3.86. The molecule has 2 N–H and O–H groups in total. The number of guanidine groups is 1. The van der Waals surface area contributed by atoms with Gasteiger partial charge < -0.3 is 15.1 Å². The maximum Gasteiger partial charge on any atom is 0.191 e. The highest BCUT2D eigenvalue weighted by molar-refractivity contribution is 5.79. The van der Waals surface area contributed by atoms with Crippen molar-refractivity contribution in [2.75, 3.05) is 13.6 Å². The minimum Gasteiger partial charge on any atom is -0.467 e. The van der Waals surface area contributed by atoms with Gasteiger partial charge in [0.15, 0.2) is 5.96 Å². The molecule has 0 unspecified atom stereocenters. The molecule has 0 spiro atoms. The Morgan fingerprint density at radius 3 is 2.70 bits per heavy atom. The molecule has 1 fully saturated rings. The Labute approximate surface area is 122 Å². The summed E-state index contributed by atoms with van der Waals surface area (Å²) in [5, 5.41) is 6.70. The first-order valence-electron chi connectivity index (χ1n) is 7.56. The van der Waals surface area contributed by atoms with Crippen molar-refractivity contribution in [1.29, 1.82) is 0 Å². The van der Waals surface area contributed by atoms with Gasteiger partial charge in [-0.05, 0) is 49.1 Å². The highest BCUT2D eigenvalue weighted by Crippen LogP contribution is 2.37. The summed E-state index contributed by atoms with van der Waals surface area (Å²) in [5.74, 6) is 2.55. The van der Waals surface area contributed by atoms with E-state index in [9.17, 15) is 0 Å². The molecule has 112 valence electrons. The van der Waals surface area contributed by atoms with E-state index in [-0.39, 0.29) is 0 Å². The molecule has 0 radical (unpaired) electrons. The van der Waals surface area contributed by atoms with Gasteiger partial charge in [0.1, 0.15) is 5.76 Å². The molecule has 0 amide bonds. The van der Waals surface area contributed by atoms with Gasteiger partial charge in [0.05, 0.1) is 12.8 Å².